The van der Waals surface area contributed by atoms with E-state index in [1.54, 1.807) is 13.8 Å². The van der Waals surface area contributed by atoms with Crippen LogP contribution in [0.2, 0.25) is 0 Å². The standard InChI is InChI=1S/C13H24O7/c1-7-9-10(8(14)11(15-4)18-7)20-13(3,17-6)12(2,16-5)19-9/h7-11,14H,1-6H3/t7-,8+,9-,10-,11-,12+,13+/m0/s1. The van der Waals surface area contributed by atoms with Gasteiger partial charge in [-0.05, 0) is 20.8 Å². The predicted octanol–water partition coefficient (Wildman–Crippen LogP) is 0.248. The molecule has 2 fully saturated rings. The molecule has 2 heterocycles. The van der Waals surface area contributed by atoms with Crippen molar-refractivity contribution in [3.63, 3.8) is 0 Å². The van der Waals surface area contributed by atoms with E-state index in [0.29, 0.717) is 0 Å². The monoisotopic (exact) mass is 292 g/mol. The second kappa shape index (κ2) is 5.49. The first kappa shape index (κ1) is 16.1. The molecule has 0 saturated carbocycles. The molecular weight excluding hydrogens is 268 g/mol. The second-order valence-electron chi connectivity index (χ2n) is 5.40. The van der Waals surface area contributed by atoms with E-state index in [0.717, 1.165) is 0 Å². The second-order valence-corrected chi connectivity index (χ2v) is 5.40. The van der Waals surface area contributed by atoms with Crippen LogP contribution in [0.5, 0.6) is 0 Å². The first-order valence-corrected chi connectivity index (χ1v) is 6.64. The summed E-state index contributed by atoms with van der Waals surface area (Å²) in [6.45, 7) is 5.28. The topological polar surface area (TPSA) is 75.6 Å². The highest BCUT2D eigenvalue weighted by Gasteiger charge is 2.61. The minimum absolute atomic E-state index is 0.316. The third kappa shape index (κ3) is 2.27. The molecule has 0 aromatic heterocycles. The Labute approximate surface area is 119 Å². The van der Waals surface area contributed by atoms with Gasteiger partial charge < -0.3 is 33.5 Å². The highest BCUT2D eigenvalue weighted by atomic mass is 16.8. The van der Waals surface area contributed by atoms with Crippen molar-refractivity contribution in [2.75, 3.05) is 21.3 Å². The van der Waals surface area contributed by atoms with Gasteiger partial charge in [0.1, 0.15) is 18.3 Å². The lowest BCUT2D eigenvalue weighted by Gasteiger charge is -2.56. The molecule has 0 bridgehead atoms. The molecule has 0 unspecified atom stereocenters. The van der Waals surface area contributed by atoms with E-state index in [9.17, 15) is 5.11 Å². The van der Waals surface area contributed by atoms with Crippen LogP contribution >= 0.6 is 0 Å². The molecule has 0 aromatic rings. The molecule has 20 heavy (non-hydrogen) atoms. The number of hydrogen-bond acceptors (Lipinski definition) is 7. The van der Waals surface area contributed by atoms with Crippen LogP contribution in [-0.4, -0.2) is 68.7 Å². The van der Waals surface area contributed by atoms with E-state index < -0.39 is 36.2 Å². The number of aliphatic hydroxyl groups is 1. The number of methoxy groups -OCH3 is 3. The molecule has 1 N–H and O–H groups in total. The van der Waals surface area contributed by atoms with E-state index in [-0.39, 0.29) is 6.10 Å². The van der Waals surface area contributed by atoms with Crippen molar-refractivity contribution in [3.05, 3.63) is 0 Å². The number of hydrogen-bond donors (Lipinski definition) is 1. The summed E-state index contributed by atoms with van der Waals surface area (Å²) >= 11 is 0. The molecule has 118 valence electrons. The molecule has 0 spiro atoms. The maximum atomic E-state index is 10.3. The summed E-state index contributed by atoms with van der Waals surface area (Å²) in [5, 5.41) is 10.3. The van der Waals surface area contributed by atoms with Gasteiger partial charge in [0.25, 0.3) is 0 Å². The highest BCUT2D eigenvalue weighted by Crippen LogP contribution is 2.43. The molecule has 2 rings (SSSR count). The molecule has 0 radical (unpaired) electrons. The van der Waals surface area contributed by atoms with E-state index in [4.69, 9.17) is 28.4 Å². The van der Waals surface area contributed by atoms with Crippen molar-refractivity contribution in [3.8, 4) is 0 Å². The maximum absolute atomic E-state index is 10.3. The molecule has 7 heteroatoms. The Hall–Kier alpha value is -0.280. The lowest BCUT2D eigenvalue weighted by Crippen LogP contribution is -2.72. The number of fused-ring (bicyclic) bond motifs is 1. The van der Waals surface area contributed by atoms with Gasteiger partial charge in [0.15, 0.2) is 6.29 Å². The SMILES string of the molecule is CO[C@H]1O[C@@H](C)[C@@H]2O[C@@](C)(OC)[C@](C)(OC)O[C@H]2[C@H]1O. The van der Waals surface area contributed by atoms with Crippen LogP contribution in [0.3, 0.4) is 0 Å². The Kier molecular flexibility index (Phi) is 4.42. The summed E-state index contributed by atoms with van der Waals surface area (Å²) in [5.41, 5.74) is 0. The molecule has 0 aromatic carbocycles. The van der Waals surface area contributed by atoms with E-state index in [1.807, 2.05) is 6.92 Å². The number of aliphatic hydroxyl groups excluding tert-OH is 1. The van der Waals surface area contributed by atoms with Gasteiger partial charge in [-0.3, -0.25) is 0 Å². The number of ether oxygens (including phenoxy) is 6. The van der Waals surface area contributed by atoms with Crippen LogP contribution in [0.1, 0.15) is 20.8 Å². The summed E-state index contributed by atoms with van der Waals surface area (Å²) in [6.07, 6.45) is -3.16. The van der Waals surface area contributed by atoms with Crippen molar-refractivity contribution < 1.29 is 33.5 Å². The molecule has 2 aliphatic rings. The lowest BCUT2D eigenvalue weighted by atomic mass is 9.94. The zero-order valence-electron chi connectivity index (χ0n) is 12.8. The van der Waals surface area contributed by atoms with Gasteiger partial charge in [-0.1, -0.05) is 0 Å². The van der Waals surface area contributed by atoms with Gasteiger partial charge in [-0.25, -0.2) is 0 Å². The van der Waals surface area contributed by atoms with Crippen LogP contribution < -0.4 is 0 Å². The summed E-state index contributed by atoms with van der Waals surface area (Å²) in [6, 6.07) is 0. The van der Waals surface area contributed by atoms with Gasteiger partial charge >= 0.3 is 0 Å². The van der Waals surface area contributed by atoms with Gasteiger partial charge in [0, 0.05) is 21.3 Å². The van der Waals surface area contributed by atoms with Crippen LogP contribution in [-0.2, 0) is 28.4 Å². The van der Waals surface area contributed by atoms with Crippen LogP contribution in [0, 0.1) is 0 Å². The molecule has 7 nitrogen and oxygen atoms in total. The van der Waals surface area contributed by atoms with Gasteiger partial charge in [-0.2, -0.15) is 0 Å². The van der Waals surface area contributed by atoms with Crippen molar-refractivity contribution in [1.29, 1.82) is 0 Å². The zero-order valence-corrected chi connectivity index (χ0v) is 12.8. The van der Waals surface area contributed by atoms with Crippen molar-refractivity contribution in [2.45, 2.75) is 63.1 Å². The van der Waals surface area contributed by atoms with Gasteiger partial charge in [0.05, 0.1) is 6.10 Å². The Bertz CT molecular complexity index is 352. The smallest absolute Gasteiger partial charge is 0.220 e. The van der Waals surface area contributed by atoms with Crippen molar-refractivity contribution >= 4 is 0 Å². The fourth-order valence-corrected chi connectivity index (χ4v) is 2.68. The number of rotatable bonds is 3. The Balaban J connectivity index is 2.30. The van der Waals surface area contributed by atoms with E-state index in [1.165, 1.54) is 21.3 Å². The Morgan fingerprint density at radius 3 is 1.90 bits per heavy atom. The average molecular weight is 292 g/mol. The van der Waals surface area contributed by atoms with Crippen molar-refractivity contribution in [2.24, 2.45) is 0 Å². The van der Waals surface area contributed by atoms with Crippen LogP contribution in [0.15, 0.2) is 0 Å². The molecular formula is C13H24O7. The summed E-state index contributed by atoms with van der Waals surface area (Å²) in [5.74, 6) is -2.26. The lowest BCUT2D eigenvalue weighted by molar-refractivity contribution is -0.477. The third-order valence-electron chi connectivity index (χ3n) is 4.31. The fourth-order valence-electron chi connectivity index (χ4n) is 2.68. The largest absolute Gasteiger partial charge is 0.385 e. The minimum Gasteiger partial charge on any atom is -0.385 e. The summed E-state index contributed by atoms with van der Waals surface area (Å²) in [4.78, 5) is 0. The average Bonchev–Trinajstić information content (AvgIpc) is 2.45. The quantitative estimate of drug-likeness (QED) is 0.799. The highest BCUT2D eigenvalue weighted by molar-refractivity contribution is 4.98. The minimum atomic E-state index is -1.15. The normalized spacial score (nSPS) is 52.6. The molecule has 7 atom stereocenters. The first-order valence-electron chi connectivity index (χ1n) is 6.64. The predicted molar refractivity (Wildman–Crippen MR) is 67.9 cm³/mol. The van der Waals surface area contributed by atoms with Crippen LogP contribution in [0.4, 0.5) is 0 Å². The molecule has 0 amide bonds. The Morgan fingerprint density at radius 2 is 1.45 bits per heavy atom. The third-order valence-corrected chi connectivity index (χ3v) is 4.31. The maximum Gasteiger partial charge on any atom is 0.220 e. The van der Waals surface area contributed by atoms with Crippen LogP contribution in [0.25, 0.3) is 0 Å². The van der Waals surface area contributed by atoms with Gasteiger partial charge in [-0.15, -0.1) is 0 Å². The van der Waals surface area contributed by atoms with Crippen molar-refractivity contribution in [1.82, 2.24) is 0 Å². The zero-order chi connectivity index (χ0) is 15.1. The fraction of sp³-hybridized carbons (Fsp3) is 1.00. The summed E-state index contributed by atoms with van der Waals surface area (Å²) < 4.78 is 33.5. The molecule has 2 saturated heterocycles. The van der Waals surface area contributed by atoms with Gasteiger partial charge in [0.2, 0.25) is 11.6 Å². The Morgan fingerprint density at radius 1 is 0.950 bits per heavy atom. The van der Waals surface area contributed by atoms with E-state index in [2.05, 4.69) is 0 Å². The molecule has 2 aliphatic heterocycles. The first-order chi connectivity index (χ1) is 9.31. The van der Waals surface area contributed by atoms with E-state index >= 15 is 0 Å². The molecule has 0 aliphatic carbocycles. The summed E-state index contributed by atoms with van der Waals surface area (Å²) in [7, 11) is 4.49.